The van der Waals surface area contributed by atoms with Crippen LogP contribution < -0.4 is 5.56 Å². The molecule has 0 aliphatic carbocycles. The molecule has 138 valence electrons. The van der Waals surface area contributed by atoms with Gasteiger partial charge in [-0.15, -0.1) is 0 Å². The van der Waals surface area contributed by atoms with Gasteiger partial charge >= 0.3 is 0 Å². The SMILES string of the molecule is Cc1cccc(-c2[nH]n3c(=O)cc([C@H](C)Cn4nccc4C)nc3c2C)c1. The highest BCUT2D eigenvalue weighted by atomic mass is 16.1. The normalized spacial score (nSPS) is 12.6. The van der Waals surface area contributed by atoms with Crippen LogP contribution in [0.4, 0.5) is 0 Å². The third-order valence-corrected chi connectivity index (χ3v) is 5.06. The van der Waals surface area contributed by atoms with Crippen LogP contribution >= 0.6 is 0 Å². The Hall–Kier alpha value is -3.15. The topological polar surface area (TPSA) is 68.0 Å². The zero-order valence-corrected chi connectivity index (χ0v) is 16.0. The van der Waals surface area contributed by atoms with E-state index in [0.717, 1.165) is 28.2 Å². The van der Waals surface area contributed by atoms with E-state index >= 15 is 0 Å². The van der Waals surface area contributed by atoms with Crippen LogP contribution in [-0.2, 0) is 6.54 Å². The Morgan fingerprint density at radius 3 is 2.67 bits per heavy atom. The number of nitrogens with one attached hydrogen (secondary N) is 1. The average Bonchev–Trinajstić information content (AvgIpc) is 3.19. The van der Waals surface area contributed by atoms with E-state index in [9.17, 15) is 4.79 Å². The number of benzene rings is 1. The summed E-state index contributed by atoms with van der Waals surface area (Å²) in [6.07, 6.45) is 1.79. The van der Waals surface area contributed by atoms with Gasteiger partial charge in [-0.1, -0.05) is 30.7 Å². The summed E-state index contributed by atoms with van der Waals surface area (Å²) < 4.78 is 3.47. The van der Waals surface area contributed by atoms with Crippen molar-refractivity contribution in [3.63, 3.8) is 0 Å². The lowest BCUT2D eigenvalue weighted by molar-refractivity contribution is 0.523. The van der Waals surface area contributed by atoms with Gasteiger partial charge in [0.05, 0.1) is 11.4 Å². The van der Waals surface area contributed by atoms with Crippen molar-refractivity contribution in [2.24, 2.45) is 0 Å². The standard InChI is InChI=1S/C21H23N5O/c1-13-6-5-7-17(10-13)20-16(4)21-23-18(11-19(27)26(21)24-20)14(2)12-25-15(3)8-9-22-25/h5-11,14,24H,12H2,1-4H3/t14-/m1/s1. The van der Waals surface area contributed by atoms with Crippen LogP contribution in [0.15, 0.2) is 47.4 Å². The van der Waals surface area contributed by atoms with E-state index in [-0.39, 0.29) is 11.5 Å². The third kappa shape index (κ3) is 3.07. The lowest BCUT2D eigenvalue weighted by Crippen LogP contribution is -2.18. The van der Waals surface area contributed by atoms with E-state index in [1.165, 1.54) is 10.1 Å². The minimum absolute atomic E-state index is 0.0815. The number of aryl methyl sites for hydroxylation is 3. The molecule has 3 aromatic heterocycles. The molecular weight excluding hydrogens is 338 g/mol. The van der Waals surface area contributed by atoms with E-state index in [4.69, 9.17) is 4.98 Å². The summed E-state index contributed by atoms with van der Waals surface area (Å²) >= 11 is 0. The molecule has 1 N–H and O–H groups in total. The minimum atomic E-state index is -0.0963. The Bertz CT molecular complexity index is 1180. The number of nitrogens with zero attached hydrogens (tertiary/aromatic N) is 4. The summed E-state index contributed by atoms with van der Waals surface area (Å²) in [6, 6.07) is 11.8. The van der Waals surface area contributed by atoms with Crippen LogP contribution in [0.25, 0.3) is 16.9 Å². The number of H-pyrrole nitrogens is 1. The highest BCUT2D eigenvalue weighted by Gasteiger charge is 2.17. The van der Waals surface area contributed by atoms with Gasteiger partial charge in [0.2, 0.25) is 0 Å². The first kappa shape index (κ1) is 17.3. The van der Waals surface area contributed by atoms with Gasteiger partial charge in [0, 0.05) is 41.5 Å². The number of hydrogen-bond donors (Lipinski definition) is 1. The molecule has 0 amide bonds. The molecule has 27 heavy (non-hydrogen) atoms. The fraction of sp³-hybridized carbons (Fsp3) is 0.286. The average molecular weight is 361 g/mol. The predicted molar refractivity (Wildman–Crippen MR) is 106 cm³/mol. The number of rotatable bonds is 4. The van der Waals surface area contributed by atoms with Crippen molar-refractivity contribution in [2.75, 3.05) is 0 Å². The van der Waals surface area contributed by atoms with E-state index < -0.39 is 0 Å². The maximum absolute atomic E-state index is 12.7. The predicted octanol–water partition coefficient (Wildman–Crippen LogP) is 3.62. The van der Waals surface area contributed by atoms with Crippen LogP contribution in [0.5, 0.6) is 0 Å². The zero-order chi connectivity index (χ0) is 19.1. The maximum atomic E-state index is 12.7. The third-order valence-electron chi connectivity index (χ3n) is 5.06. The summed E-state index contributed by atoms with van der Waals surface area (Å²) in [5.74, 6) is 0.0815. The van der Waals surface area contributed by atoms with Gasteiger partial charge in [-0.25, -0.2) is 9.50 Å². The van der Waals surface area contributed by atoms with Gasteiger partial charge in [-0.3, -0.25) is 14.6 Å². The first-order valence-electron chi connectivity index (χ1n) is 9.12. The van der Waals surface area contributed by atoms with Crippen molar-refractivity contribution in [2.45, 2.75) is 40.2 Å². The Labute approximate surface area is 157 Å². The van der Waals surface area contributed by atoms with E-state index in [0.29, 0.717) is 12.2 Å². The number of aromatic nitrogens is 5. The largest absolute Gasteiger partial charge is 0.289 e. The molecule has 0 unspecified atom stereocenters. The van der Waals surface area contributed by atoms with Crippen molar-refractivity contribution in [3.05, 3.63) is 75.5 Å². The van der Waals surface area contributed by atoms with E-state index in [1.54, 1.807) is 12.3 Å². The van der Waals surface area contributed by atoms with Crippen LogP contribution in [0.2, 0.25) is 0 Å². The molecule has 0 saturated carbocycles. The summed E-state index contributed by atoms with van der Waals surface area (Å²) in [5, 5.41) is 7.56. The second-order valence-corrected chi connectivity index (χ2v) is 7.22. The van der Waals surface area contributed by atoms with Crippen molar-refractivity contribution in [1.29, 1.82) is 0 Å². The highest BCUT2D eigenvalue weighted by molar-refractivity contribution is 5.70. The summed E-state index contributed by atoms with van der Waals surface area (Å²) in [6.45, 7) is 8.85. The van der Waals surface area contributed by atoms with Gasteiger partial charge in [-0.05, 0) is 32.9 Å². The molecule has 4 aromatic rings. The lowest BCUT2D eigenvalue weighted by Gasteiger charge is -2.12. The van der Waals surface area contributed by atoms with Crippen molar-refractivity contribution in [1.82, 2.24) is 24.4 Å². The molecule has 0 fully saturated rings. The first-order valence-corrected chi connectivity index (χ1v) is 9.12. The molecule has 0 radical (unpaired) electrons. The Balaban J connectivity index is 1.78. The molecule has 1 atom stereocenters. The summed E-state index contributed by atoms with van der Waals surface area (Å²) in [4.78, 5) is 17.5. The highest BCUT2D eigenvalue weighted by Crippen LogP contribution is 2.25. The smallest absolute Gasteiger partial charge is 0.272 e. The van der Waals surface area contributed by atoms with Gasteiger partial charge in [-0.2, -0.15) is 5.10 Å². The van der Waals surface area contributed by atoms with E-state index in [2.05, 4.69) is 36.2 Å². The minimum Gasteiger partial charge on any atom is -0.289 e. The fourth-order valence-electron chi connectivity index (χ4n) is 3.44. The molecule has 4 rings (SSSR count). The van der Waals surface area contributed by atoms with Gasteiger partial charge < -0.3 is 0 Å². The molecule has 0 aliphatic heterocycles. The van der Waals surface area contributed by atoms with Crippen LogP contribution in [0.3, 0.4) is 0 Å². The molecule has 6 nitrogen and oxygen atoms in total. The second-order valence-electron chi connectivity index (χ2n) is 7.22. The van der Waals surface area contributed by atoms with Crippen molar-refractivity contribution in [3.8, 4) is 11.3 Å². The fourth-order valence-corrected chi connectivity index (χ4v) is 3.44. The molecule has 0 saturated heterocycles. The monoisotopic (exact) mass is 361 g/mol. The van der Waals surface area contributed by atoms with Crippen LogP contribution in [0.1, 0.15) is 35.4 Å². The lowest BCUT2D eigenvalue weighted by atomic mass is 10.1. The summed E-state index contributed by atoms with van der Waals surface area (Å²) in [5.41, 5.74) is 6.60. The molecule has 0 spiro atoms. The van der Waals surface area contributed by atoms with Gasteiger partial charge in [0.15, 0.2) is 5.65 Å². The molecule has 3 heterocycles. The molecule has 0 aliphatic rings. The van der Waals surface area contributed by atoms with Crippen LogP contribution in [0, 0.1) is 20.8 Å². The van der Waals surface area contributed by atoms with Gasteiger partial charge in [0.1, 0.15) is 0 Å². The number of aromatic amines is 1. The number of hydrogen-bond acceptors (Lipinski definition) is 3. The van der Waals surface area contributed by atoms with Crippen molar-refractivity contribution < 1.29 is 0 Å². The Morgan fingerprint density at radius 1 is 1.15 bits per heavy atom. The Morgan fingerprint density at radius 2 is 1.96 bits per heavy atom. The molecule has 0 bridgehead atoms. The summed E-state index contributed by atoms with van der Waals surface area (Å²) in [7, 11) is 0. The molecule has 1 aromatic carbocycles. The second kappa shape index (κ2) is 6.54. The van der Waals surface area contributed by atoms with E-state index in [1.807, 2.05) is 36.7 Å². The zero-order valence-electron chi connectivity index (χ0n) is 16.0. The Kier molecular flexibility index (Phi) is 4.18. The molecular formula is C21H23N5O. The first-order chi connectivity index (χ1) is 12.9. The van der Waals surface area contributed by atoms with Gasteiger partial charge in [0.25, 0.3) is 5.56 Å². The van der Waals surface area contributed by atoms with Crippen LogP contribution in [-0.4, -0.2) is 24.4 Å². The quantitative estimate of drug-likeness (QED) is 0.604. The van der Waals surface area contributed by atoms with Crippen molar-refractivity contribution >= 4 is 5.65 Å². The maximum Gasteiger partial charge on any atom is 0.272 e. The molecule has 6 heteroatoms. The number of fused-ring (bicyclic) bond motifs is 1.